The molecule has 1 unspecified atom stereocenters. The van der Waals surface area contributed by atoms with Crippen molar-refractivity contribution in [2.45, 2.75) is 44.3 Å². The lowest BCUT2D eigenvalue weighted by Crippen LogP contribution is -2.46. The van der Waals surface area contributed by atoms with Gasteiger partial charge >= 0.3 is 27.3 Å². The predicted octanol–water partition coefficient (Wildman–Crippen LogP) is 2.47. The molecule has 120 valence electrons. The van der Waals surface area contributed by atoms with Crippen LogP contribution >= 0.6 is 0 Å². The molecular formula is C10H16F4O5S. The summed E-state index contributed by atoms with van der Waals surface area (Å²) in [5, 5.41) is -5.58. The summed E-state index contributed by atoms with van der Waals surface area (Å²) in [5.74, 6) is -6.06. The molecule has 0 saturated carbocycles. The van der Waals surface area contributed by atoms with Crippen molar-refractivity contribution in [2.75, 3.05) is 6.61 Å². The van der Waals surface area contributed by atoms with Crippen LogP contribution in [0.15, 0.2) is 0 Å². The maximum absolute atomic E-state index is 13.0. The highest BCUT2D eigenvalue weighted by Gasteiger charge is 2.64. The fourth-order valence-corrected chi connectivity index (χ4v) is 1.59. The molecule has 1 N–H and O–H groups in total. The SMILES string of the molecule is CCC(C)C(=O)OCCCC(F)(F)C(F)(F)S(=O)(=O)O. The monoisotopic (exact) mass is 324 g/mol. The first kappa shape index (κ1) is 19.1. The molecule has 0 heterocycles. The van der Waals surface area contributed by atoms with Gasteiger partial charge in [0, 0.05) is 6.42 Å². The quantitative estimate of drug-likeness (QED) is 0.321. The molecule has 5 nitrogen and oxygen atoms in total. The Morgan fingerprint density at radius 1 is 1.30 bits per heavy atom. The number of ether oxygens (including phenoxy) is 1. The van der Waals surface area contributed by atoms with Gasteiger partial charge in [0.25, 0.3) is 0 Å². The van der Waals surface area contributed by atoms with Gasteiger partial charge in [0.1, 0.15) is 0 Å². The molecular weight excluding hydrogens is 308 g/mol. The Balaban J connectivity index is 4.42. The zero-order valence-corrected chi connectivity index (χ0v) is 11.7. The molecule has 0 rings (SSSR count). The summed E-state index contributed by atoms with van der Waals surface area (Å²) < 4.78 is 84.7. The molecule has 0 aliphatic carbocycles. The molecule has 0 fully saturated rings. The molecule has 1 atom stereocenters. The van der Waals surface area contributed by atoms with Gasteiger partial charge in [-0.1, -0.05) is 13.8 Å². The van der Waals surface area contributed by atoms with Crippen LogP contribution in [0.2, 0.25) is 0 Å². The minimum absolute atomic E-state index is 0.449. The number of esters is 1. The zero-order chi connectivity index (χ0) is 16.2. The minimum Gasteiger partial charge on any atom is -0.465 e. The first-order valence-corrected chi connectivity index (χ1v) is 7.20. The summed E-state index contributed by atoms with van der Waals surface area (Å²) in [5.41, 5.74) is 0. The molecule has 0 bridgehead atoms. The standard InChI is InChI=1S/C10H16F4O5S/c1-3-7(2)8(15)19-6-4-5-9(11,12)10(13,14)20(16,17)18/h7H,3-6H2,1-2H3,(H,16,17,18). The van der Waals surface area contributed by atoms with E-state index in [2.05, 4.69) is 4.74 Å². The number of rotatable bonds is 8. The van der Waals surface area contributed by atoms with E-state index in [1.165, 1.54) is 0 Å². The van der Waals surface area contributed by atoms with Crippen molar-refractivity contribution in [3.8, 4) is 0 Å². The van der Waals surface area contributed by atoms with Crippen molar-refractivity contribution in [2.24, 2.45) is 5.92 Å². The van der Waals surface area contributed by atoms with Crippen LogP contribution in [-0.4, -0.2) is 36.7 Å². The summed E-state index contributed by atoms with van der Waals surface area (Å²) in [6.07, 6.45) is -1.75. The Kier molecular flexibility index (Phi) is 6.40. The number of halogens is 4. The van der Waals surface area contributed by atoms with Crippen molar-refractivity contribution in [1.82, 2.24) is 0 Å². The van der Waals surface area contributed by atoms with E-state index in [0.717, 1.165) is 0 Å². The molecule has 20 heavy (non-hydrogen) atoms. The van der Waals surface area contributed by atoms with Crippen LogP contribution < -0.4 is 0 Å². The van der Waals surface area contributed by atoms with Gasteiger partial charge in [0.15, 0.2) is 0 Å². The Hall–Kier alpha value is -0.900. The first-order chi connectivity index (χ1) is 8.87. The lowest BCUT2D eigenvalue weighted by molar-refractivity contribution is -0.168. The average molecular weight is 324 g/mol. The molecule has 0 saturated heterocycles. The van der Waals surface area contributed by atoms with E-state index in [1.54, 1.807) is 13.8 Å². The van der Waals surface area contributed by atoms with E-state index in [9.17, 15) is 30.8 Å². The van der Waals surface area contributed by atoms with E-state index >= 15 is 0 Å². The van der Waals surface area contributed by atoms with Gasteiger partial charge in [-0.2, -0.15) is 26.0 Å². The summed E-state index contributed by atoms with van der Waals surface area (Å²) in [4.78, 5) is 11.2. The highest BCUT2D eigenvalue weighted by molar-refractivity contribution is 7.87. The third kappa shape index (κ3) is 4.58. The molecule has 0 amide bonds. The predicted molar refractivity (Wildman–Crippen MR) is 61.1 cm³/mol. The van der Waals surface area contributed by atoms with E-state index in [4.69, 9.17) is 4.55 Å². The average Bonchev–Trinajstić information content (AvgIpc) is 2.31. The van der Waals surface area contributed by atoms with Gasteiger partial charge in [-0.25, -0.2) is 0 Å². The van der Waals surface area contributed by atoms with Crippen LogP contribution in [-0.2, 0) is 19.6 Å². The minimum atomic E-state index is -6.22. The summed E-state index contributed by atoms with van der Waals surface area (Å²) in [6, 6.07) is 0. The van der Waals surface area contributed by atoms with Crippen LogP contribution in [0.1, 0.15) is 33.1 Å². The number of carbonyl (C=O) groups is 1. The Bertz CT molecular complexity index is 435. The zero-order valence-electron chi connectivity index (χ0n) is 10.9. The fourth-order valence-electron chi connectivity index (χ4n) is 1.11. The highest BCUT2D eigenvalue weighted by Crippen LogP contribution is 2.41. The van der Waals surface area contributed by atoms with Crippen LogP contribution in [0.3, 0.4) is 0 Å². The highest BCUT2D eigenvalue weighted by atomic mass is 32.2. The molecule has 0 aromatic rings. The van der Waals surface area contributed by atoms with Gasteiger partial charge in [-0.15, -0.1) is 0 Å². The largest absolute Gasteiger partial charge is 0.465 e. The van der Waals surface area contributed by atoms with Crippen molar-refractivity contribution >= 4 is 16.1 Å². The van der Waals surface area contributed by atoms with Crippen molar-refractivity contribution < 1.29 is 40.1 Å². The van der Waals surface area contributed by atoms with Gasteiger partial charge in [0.2, 0.25) is 0 Å². The second kappa shape index (κ2) is 6.70. The van der Waals surface area contributed by atoms with E-state index in [1.807, 2.05) is 0 Å². The Morgan fingerprint density at radius 3 is 2.20 bits per heavy atom. The second-order valence-electron chi connectivity index (χ2n) is 4.28. The van der Waals surface area contributed by atoms with Crippen LogP contribution in [0, 0.1) is 5.92 Å². The van der Waals surface area contributed by atoms with Crippen LogP contribution in [0.4, 0.5) is 17.6 Å². The number of hydrogen-bond acceptors (Lipinski definition) is 4. The summed E-state index contributed by atoms with van der Waals surface area (Å²) in [6.45, 7) is 2.70. The smallest absolute Gasteiger partial charge is 0.431 e. The first-order valence-electron chi connectivity index (χ1n) is 5.76. The maximum atomic E-state index is 13.0. The summed E-state index contributed by atoms with van der Waals surface area (Å²) >= 11 is 0. The molecule has 0 aromatic heterocycles. The van der Waals surface area contributed by atoms with Crippen molar-refractivity contribution in [3.63, 3.8) is 0 Å². The molecule has 0 aliphatic rings. The third-order valence-electron chi connectivity index (χ3n) is 2.64. The third-order valence-corrected chi connectivity index (χ3v) is 3.59. The molecule has 10 heteroatoms. The van der Waals surface area contributed by atoms with Gasteiger partial charge in [0.05, 0.1) is 12.5 Å². The van der Waals surface area contributed by atoms with E-state index in [-0.39, 0.29) is 0 Å². The molecule has 0 aliphatic heterocycles. The van der Waals surface area contributed by atoms with Crippen molar-refractivity contribution in [3.05, 3.63) is 0 Å². The lowest BCUT2D eigenvalue weighted by atomic mass is 10.1. The van der Waals surface area contributed by atoms with Crippen LogP contribution in [0.5, 0.6) is 0 Å². The van der Waals surface area contributed by atoms with E-state index < -0.39 is 52.6 Å². The molecule has 0 aromatic carbocycles. The second-order valence-corrected chi connectivity index (χ2v) is 5.74. The Morgan fingerprint density at radius 2 is 1.80 bits per heavy atom. The van der Waals surface area contributed by atoms with Gasteiger partial charge < -0.3 is 4.74 Å². The van der Waals surface area contributed by atoms with Gasteiger partial charge in [-0.05, 0) is 12.8 Å². The maximum Gasteiger partial charge on any atom is 0.431 e. The Labute approximate surface area is 114 Å². The molecule has 0 spiro atoms. The van der Waals surface area contributed by atoms with Crippen LogP contribution in [0.25, 0.3) is 0 Å². The van der Waals surface area contributed by atoms with E-state index in [0.29, 0.717) is 6.42 Å². The summed E-state index contributed by atoms with van der Waals surface area (Å²) in [7, 11) is -6.22. The molecule has 0 radical (unpaired) electrons. The normalized spacial score (nSPS) is 14.9. The topological polar surface area (TPSA) is 80.7 Å². The lowest BCUT2D eigenvalue weighted by Gasteiger charge is -2.23. The van der Waals surface area contributed by atoms with Crippen molar-refractivity contribution in [1.29, 1.82) is 0 Å². The number of alkyl halides is 4. The number of carbonyl (C=O) groups excluding carboxylic acids is 1. The van der Waals surface area contributed by atoms with Gasteiger partial charge in [-0.3, -0.25) is 9.35 Å². The fraction of sp³-hybridized carbons (Fsp3) is 0.900. The number of hydrogen-bond donors (Lipinski definition) is 1.